The molecule has 0 aliphatic carbocycles. The summed E-state index contributed by atoms with van der Waals surface area (Å²) in [6.45, 7) is 4.50. The smallest absolute Gasteiger partial charge is 0.105 e. The Morgan fingerprint density at radius 1 is 1.56 bits per heavy atom. The van der Waals surface area contributed by atoms with Gasteiger partial charge in [-0.2, -0.15) is 0 Å². The Bertz CT molecular complexity index is 183. The zero-order chi connectivity index (χ0) is 6.85. The summed E-state index contributed by atoms with van der Waals surface area (Å²) >= 11 is 0. The molecule has 0 aliphatic heterocycles. The van der Waals surface area contributed by atoms with Gasteiger partial charge in [0.1, 0.15) is 5.76 Å². The molecule has 0 aliphatic rings. The van der Waals surface area contributed by atoms with Crippen molar-refractivity contribution in [1.29, 1.82) is 0 Å². The Labute approximate surface area is 54.7 Å². The minimum Gasteiger partial charge on any atom is -0.469 e. The Balaban J connectivity index is 3.07. The molecule has 1 aromatic heterocycles. The zero-order valence-electron chi connectivity index (χ0n) is 5.77. The van der Waals surface area contributed by atoms with E-state index in [0.717, 1.165) is 16.9 Å². The lowest BCUT2D eigenvalue weighted by Crippen LogP contribution is -1.97. The lowest BCUT2D eigenvalue weighted by atomic mass is 10.2. The quantitative estimate of drug-likeness (QED) is 0.615. The zero-order valence-corrected chi connectivity index (χ0v) is 5.77. The molecule has 0 aromatic carbocycles. The van der Waals surface area contributed by atoms with Crippen LogP contribution >= 0.6 is 0 Å². The minimum atomic E-state index is 0.578. The summed E-state index contributed by atoms with van der Waals surface area (Å²) in [6, 6.07) is 0. The second kappa shape index (κ2) is 2.23. The molecule has 0 spiro atoms. The minimum absolute atomic E-state index is 0.578. The van der Waals surface area contributed by atoms with Crippen molar-refractivity contribution < 1.29 is 4.42 Å². The fourth-order valence-electron chi connectivity index (χ4n) is 0.901. The molecule has 0 fully saturated rings. The van der Waals surface area contributed by atoms with E-state index in [2.05, 4.69) is 0 Å². The predicted octanol–water partition coefficient (Wildman–Crippen LogP) is 1.36. The van der Waals surface area contributed by atoms with E-state index < -0.39 is 0 Å². The standard InChI is InChI=1S/C7H11NO/c1-5-4-9-6(2)7(5)3-8/h4H,3,8H2,1-2H3. The molecule has 50 valence electrons. The van der Waals surface area contributed by atoms with Gasteiger partial charge in [-0.05, 0) is 19.4 Å². The molecule has 0 atom stereocenters. The van der Waals surface area contributed by atoms with Crippen LogP contribution < -0.4 is 5.73 Å². The lowest BCUT2D eigenvalue weighted by Gasteiger charge is -1.91. The monoisotopic (exact) mass is 125 g/mol. The van der Waals surface area contributed by atoms with Crippen molar-refractivity contribution >= 4 is 0 Å². The van der Waals surface area contributed by atoms with E-state index in [9.17, 15) is 0 Å². The Kier molecular flexibility index (Phi) is 1.58. The highest BCUT2D eigenvalue weighted by molar-refractivity contribution is 5.25. The van der Waals surface area contributed by atoms with Crippen molar-refractivity contribution in [3.8, 4) is 0 Å². The van der Waals surface area contributed by atoms with Crippen molar-refractivity contribution in [1.82, 2.24) is 0 Å². The Hall–Kier alpha value is -0.760. The summed E-state index contributed by atoms with van der Waals surface area (Å²) in [6.07, 6.45) is 1.73. The van der Waals surface area contributed by atoms with E-state index in [4.69, 9.17) is 10.2 Å². The number of aryl methyl sites for hydroxylation is 2. The maximum absolute atomic E-state index is 5.44. The van der Waals surface area contributed by atoms with Crippen LogP contribution in [0.2, 0.25) is 0 Å². The highest BCUT2D eigenvalue weighted by Gasteiger charge is 2.02. The topological polar surface area (TPSA) is 39.2 Å². The molecule has 0 saturated heterocycles. The summed E-state index contributed by atoms with van der Waals surface area (Å²) in [4.78, 5) is 0. The first-order valence-corrected chi connectivity index (χ1v) is 2.99. The van der Waals surface area contributed by atoms with Gasteiger partial charge >= 0.3 is 0 Å². The fraction of sp³-hybridized carbons (Fsp3) is 0.429. The third-order valence-electron chi connectivity index (χ3n) is 1.52. The first-order valence-electron chi connectivity index (χ1n) is 2.99. The van der Waals surface area contributed by atoms with Gasteiger partial charge in [0.05, 0.1) is 6.26 Å². The molecular formula is C7H11NO. The summed E-state index contributed by atoms with van der Waals surface area (Å²) in [7, 11) is 0. The maximum Gasteiger partial charge on any atom is 0.105 e. The molecule has 1 aromatic rings. The largest absolute Gasteiger partial charge is 0.469 e. The molecule has 0 bridgehead atoms. The molecule has 0 radical (unpaired) electrons. The van der Waals surface area contributed by atoms with Gasteiger partial charge in [-0.25, -0.2) is 0 Å². The van der Waals surface area contributed by atoms with Crippen molar-refractivity contribution in [2.75, 3.05) is 0 Å². The van der Waals surface area contributed by atoms with Gasteiger partial charge in [0, 0.05) is 12.1 Å². The lowest BCUT2D eigenvalue weighted by molar-refractivity contribution is 0.529. The highest BCUT2D eigenvalue weighted by atomic mass is 16.3. The summed E-state index contributed by atoms with van der Waals surface area (Å²) in [5.74, 6) is 0.940. The maximum atomic E-state index is 5.44. The molecule has 0 unspecified atom stereocenters. The number of hydrogen-bond donors (Lipinski definition) is 1. The van der Waals surface area contributed by atoms with Crippen molar-refractivity contribution in [3.05, 3.63) is 23.2 Å². The van der Waals surface area contributed by atoms with Crippen molar-refractivity contribution in [3.63, 3.8) is 0 Å². The van der Waals surface area contributed by atoms with Crippen LogP contribution in [-0.2, 0) is 6.54 Å². The third kappa shape index (κ3) is 0.980. The van der Waals surface area contributed by atoms with Crippen LogP contribution in [0.4, 0.5) is 0 Å². The van der Waals surface area contributed by atoms with E-state index in [1.54, 1.807) is 6.26 Å². The van der Waals surface area contributed by atoms with Crippen LogP contribution in [0.3, 0.4) is 0 Å². The average Bonchev–Trinajstić information content (AvgIpc) is 2.12. The van der Waals surface area contributed by atoms with E-state index in [-0.39, 0.29) is 0 Å². The predicted molar refractivity (Wildman–Crippen MR) is 36.1 cm³/mol. The average molecular weight is 125 g/mol. The van der Waals surface area contributed by atoms with Gasteiger partial charge in [0.25, 0.3) is 0 Å². The van der Waals surface area contributed by atoms with Gasteiger partial charge in [0.15, 0.2) is 0 Å². The molecule has 2 N–H and O–H groups in total. The Morgan fingerprint density at radius 2 is 2.22 bits per heavy atom. The summed E-state index contributed by atoms with van der Waals surface area (Å²) < 4.78 is 5.11. The first kappa shape index (κ1) is 6.36. The van der Waals surface area contributed by atoms with Gasteiger partial charge in [-0.3, -0.25) is 0 Å². The normalized spacial score (nSPS) is 10.1. The van der Waals surface area contributed by atoms with Crippen LogP contribution in [0, 0.1) is 13.8 Å². The molecule has 9 heavy (non-hydrogen) atoms. The second-order valence-electron chi connectivity index (χ2n) is 2.16. The van der Waals surface area contributed by atoms with Crippen LogP contribution in [0.1, 0.15) is 16.9 Å². The van der Waals surface area contributed by atoms with Gasteiger partial charge < -0.3 is 10.2 Å². The number of nitrogens with two attached hydrogens (primary N) is 1. The van der Waals surface area contributed by atoms with E-state index >= 15 is 0 Å². The van der Waals surface area contributed by atoms with Gasteiger partial charge in [0.2, 0.25) is 0 Å². The summed E-state index contributed by atoms with van der Waals surface area (Å²) in [5, 5.41) is 0. The molecule has 2 nitrogen and oxygen atoms in total. The molecular weight excluding hydrogens is 114 g/mol. The first-order chi connectivity index (χ1) is 4.25. The van der Waals surface area contributed by atoms with Crippen LogP contribution in [0.25, 0.3) is 0 Å². The number of hydrogen-bond acceptors (Lipinski definition) is 2. The summed E-state index contributed by atoms with van der Waals surface area (Å²) in [5.41, 5.74) is 7.72. The Morgan fingerprint density at radius 3 is 2.44 bits per heavy atom. The fourth-order valence-corrected chi connectivity index (χ4v) is 0.901. The van der Waals surface area contributed by atoms with E-state index in [1.807, 2.05) is 13.8 Å². The van der Waals surface area contributed by atoms with Crippen molar-refractivity contribution in [2.45, 2.75) is 20.4 Å². The SMILES string of the molecule is Cc1coc(C)c1CN. The second-order valence-corrected chi connectivity index (χ2v) is 2.16. The number of rotatable bonds is 1. The third-order valence-corrected chi connectivity index (χ3v) is 1.52. The van der Waals surface area contributed by atoms with Crippen LogP contribution in [0.15, 0.2) is 10.7 Å². The van der Waals surface area contributed by atoms with Gasteiger partial charge in [-0.15, -0.1) is 0 Å². The van der Waals surface area contributed by atoms with E-state index in [1.165, 1.54) is 0 Å². The van der Waals surface area contributed by atoms with Gasteiger partial charge in [-0.1, -0.05) is 0 Å². The molecule has 0 saturated carbocycles. The number of furan rings is 1. The van der Waals surface area contributed by atoms with Crippen LogP contribution in [0.5, 0.6) is 0 Å². The molecule has 1 heterocycles. The molecule has 2 heteroatoms. The highest BCUT2D eigenvalue weighted by Crippen LogP contribution is 2.13. The van der Waals surface area contributed by atoms with Crippen LogP contribution in [-0.4, -0.2) is 0 Å². The molecule has 1 rings (SSSR count). The van der Waals surface area contributed by atoms with E-state index in [0.29, 0.717) is 6.54 Å². The van der Waals surface area contributed by atoms with Crippen molar-refractivity contribution in [2.24, 2.45) is 5.73 Å². The molecule has 0 amide bonds.